The molecule has 2 N–H and O–H groups in total. The van der Waals surface area contributed by atoms with Crippen LogP contribution in [0.5, 0.6) is 0 Å². The van der Waals surface area contributed by atoms with Crippen LogP contribution in [0.1, 0.15) is 11.3 Å². The third-order valence-corrected chi connectivity index (χ3v) is 6.15. The van der Waals surface area contributed by atoms with Gasteiger partial charge in [-0.2, -0.15) is 4.31 Å². The molecule has 0 atom stereocenters. The quantitative estimate of drug-likeness (QED) is 0.718. The predicted octanol–water partition coefficient (Wildman–Crippen LogP) is 0.890. The summed E-state index contributed by atoms with van der Waals surface area (Å²) in [6.07, 6.45) is 0. The molecule has 0 bridgehead atoms. The number of hydrogen-bond donors (Lipinski definition) is 2. The Morgan fingerprint density at radius 1 is 1.07 bits per heavy atom. The summed E-state index contributed by atoms with van der Waals surface area (Å²) < 4.78 is 37.1. The molecule has 2 heterocycles. The zero-order valence-corrected chi connectivity index (χ0v) is 16.2. The fourth-order valence-electron chi connectivity index (χ4n) is 2.67. The summed E-state index contributed by atoms with van der Waals surface area (Å²) in [4.78, 5) is 24.2. The first-order chi connectivity index (χ1) is 13.3. The van der Waals surface area contributed by atoms with Gasteiger partial charge in [0.05, 0.1) is 18.1 Å². The summed E-state index contributed by atoms with van der Waals surface area (Å²) in [6.45, 7) is 4.49. The molecule has 1 saturated heterocycles. The first kappa shape index (κ1) is 20.0. The van der Waals surface area contributed by atoms with Crippen molar-refractivity contribution in [3.8, 4) is 0 Å². The molecule has 0 unspecified atom stereocenters. The smallest absolute Gasteiger partial charge is 0.315 e. The summed E-state index contributed by atoms with van der Waals surface area (Å²) in [5.41, 5.74) is 0.723. The highest BCUT2D eigenvalue weighted by Gasteiger charge is 2.28. The maximum Gasteiger partial charge on any atom is 0.315 e. The molecule has 2 amide bonds. The zero-order valence-electron chi connectivity index (χ0n) is 15.4. The van der Waals surface area contributed by atoms with Crippen molar-refractivity contribution in [3.63, 3.8) is 0 Å². The highest BCUT2D eigenvalue weighted by atomic mass is 32.2. The Morgan fingerprint density at radius 3 is 2.39 bits per heavy atom. The van der Waals surface area contributed by atoms with Gasteiger partial charge >= 0.3 is 11.8 Å². The Labute approximate surface area is 161 Å². The summed E-state index contributed by atoms with van der Waals surface area (Å²) in [5.74, 6) is -1.32. The molecular formula is C17H20N4O6S. The Hall–Kier alpha value is -2.76. The lowest BCUT2D eigenvalue weighted by atomic mass is 10.2. The van der Waals surface area contributed by atoms with Crippen LogP contribution < -0.4 is 10.6 Å². The fourth-order valence-corrected chi connectivity index (χ4v) is 4.33. The fraction of sp³-hybridized carbons (Fsp3) is 0.353. The number of aromatic nitrogens is 1. The van der Waals surface area contributed by atoms with E-state index in [0.717, 1.165) is 0 Å². The molecule has 1 aliphatic heterocycles. The normalized spacial score (nSPS) is 15.2. The van der Waals surface area contributed by atoms with E-state index in [0.29, 0.717) is 24.5 Å². The number of ether oxygens (including phenoxy) is 1. The number of benzene rings is 1. The maximum absolute atomic E-state index is 12.9. The number of aryl methyl sites for hydroxylation is 2. The number of carbonyl (C=O) groups excluding carboxylic acids is 2. The zero-order chi connectivity index (χ0) is 20.3. The number of morpholine rings is 1. The summed E-state index contributed by atoms with van der Waals surface area (Å²) in [7, 11) is -3.74. The third kappa shape index (κ3) is 4.38. The van der Waals surface area contributed by atoms with Crippen LogP contribution in [-0.4, -0.2) is 56.0 Å². The second-order valence-corrected chi connectivity index (χ2v) is 8.13. The minimum absolute atomic E-state index is 0.0692. The molecule has 150 valence electrons. The van der Waals surface area contributed by atoms with Crippen molar-refractivity contribution < 1.29 is 27.3 Å². The lowest BCUT2D eigenvalue weighted by molar-refractivity contribution is -0.133. The standard InChI is InChI=1S/C17H20N4O6S/c1-11-3-4-13(10-14(11)28(24,25)21-5-7-26-8-6-21)18-16(22)17(23)19-15-9-12(2)27-20-15/h3-4,9-10H,5-8H2,1-2H3,(H,18,22)(H,19,20,23). The van der Waals surface area contributed by atoms with E-state index < -0.39 is 21.8 Å². The van der Waals surface area contributed by atoms with E-state index >= 15 is 0 Å². The molecule has 3 rings (SSSR count). The van der Waals surface area contributed by atoms with E-state index in [1.54, 1.807) is 19.9 Å². The number of rotatable bonds is 4. The first-order valence-electron chi connectivity index (χ1n) is 8.51. The van der Waals surface area contributed by atoms with E-state index in [4.69, 9.17) is 9.26 Å². The molecule has 2 aromatic rings. The SMILES string of the molecule is Cc1cc(NC(=O)C(=O)Nc2ccc(C)c(S(=O)(=O)N3CCOCC3)c2)no1. The number of nitrogens with zero attached hydrogens (tertiary/aromatic N) is 2. The molecule has 1 aromatic carbocycles. The number of hydrogen-bond acceptors (Lipinski definition) is 7. The molecule has 11 heteroatoms. The number of amides is 2. The van der Waals surface area contributed by atoms with Crippen molar-refractivity contribution in [1.82, 2.24) is 9.46 Å². The molecule has 1 aliphatic rings. The van der Waals surface area contributed by atoms with Gasteiger partial charge in [0, 0.05) is 24.8 Å². The molecule has 1 fully saturated rings. The van der Waals surface area contributed by atoms with Crippen LogP contribution in [0.2, 0.25) is 0 Å². The number of nitrogens with one attached hydrogen (secondary N) is 2. The van der Waals surface area contributed by atoms with Gasteiger partial charge in [-0.15, -0.1) is 0 Å². The molecule has 10 nitrogen and oxygen atoms in total. The average Bonchev–Trinajstić information content (AvgIpc) is 3.08. The number of carbonyl (C=O) groups is 2. The Bertz CT molecular complexity index is 995. The van der Waals surface area contributed by atoms with Gasteiger partial charge in [-0.1, -0.05) is 11.2 Å². The molecule has 1 aromatic heterocycles. The van der Waals surface area contributed by atoms with Gasteiger partial charge in [0.1, 0.15) is 5.76 Å². The van der Waals surface area contributed by atoms with Crippen LogP contribution in [0.25, 0.3) is 0 Å². The van der Waals surface area contributed by atoms with Gasteiger partial charge in [-0.25, -0.2) is 8.42 Å². The highest BCUT2D eigenvalue weighted by molar-refractivity contribution is 7.89. The second kappa shape index (κ2) is 8.09. The molecule has 0 aliphatic carbocycles. The summed E-state index contributed by atoms with van der Waals surface area (Å²) in [6, 6.07) is 5.90. The molecule has 0 radical (unpaired) electrons. The topological polar surface area (TPSA) is 131 Å². The summed E-state index contributed by atoms with van der Waals surface area (Å²) >= 11 is 0. The van der Waals surface area contributed by atoms with Crippen molar-refractivity contribution >= 4 is 33.3 Å². The Kier molecular flexibility index (Phi) is 5.77. The van der Waals surface area contributed by atoms with Gasteiger partial charge in [0.2, 0.25) is 10.0 Å². The van der Waals surface area contributed by atoms with E-state index in [9.17, 15) is 18.0 Å². The van der Waals surface area contributed by atoms with Crippen molar-refractivity contribution in [3.05, 3.63) is 35.6 Å². The number of sulfonamides is 1. The second-order valence-electron chi connectivity index (χ2n) is 6.23. The molecule has 0 saturated carbocycles. The van der Waals surface area contributed by atoms with Crippen LogP contribution in [-0.2, 0) is 24.3 Å². The maximum atomic E-state index is 12.9. The van der Waals surface area contributed by atoms with Crippen LogP contribution in [0, 0.1) is 13.8 Å². The Balaban J connectivity index is 1.75. The minimum Gasteiger partial charge on any atom is -0.379 e. The third-order valence-electron chi connectivity index (χ3n) is 4.11. The van der Waals surface area contributed by atoms with Gasteiger partial charge in [0.15, 0.2) is 5.82 Å². The number of anilines is 2. The van der Waals surface area contributed by atoms with Gasteiger partial charge in [0.25, 0.3) is 0 Å². The first-order valence-corrected chi connectivity index (χ1v) is 9.95. The van der Waals surface area contributed by atoms with Gasteiger partial charge in [-0.3, -0.25) is 14.9 Å². The lowest BCUT2D eigenvalue weighted by Crippen LogP contribution is -2.40. The predicted molar refractivity (Wildman–Crippen MR) is 99.3 cm³/mol. The van der Waals surface area contributed by atoms with Crippen LogP contribution in [0.15, 0.2) is 33.7 Å². The summed E-state index contributed by atoms with van der Waals surface area (Å²) in [5, 5.41) is 8.26. The van der Waals surface area contributed by atoms with Crippen molar-refractivity contribution in [2.75, 3.05) is 36.9 Å². The Morgan fingerprint density at radius 2 is 1.75 bits per heavy atom. The van der Waals surface area contributed by atoms with E-state index in [-0.39, 0.29) is 29.5 Å². The van der Waals surface area contributed by atoms with Crippen molar-refractivity contribution in [1.29, 1.82) is 0 Å². The largest absolute Gasteiger partial charge is 0.379 e. The van der Waals surface area contributed by atoms with E-state index in [2.05, 4.69) is 15.8 Å². The highest BCUT2D eigenvalue weighted by Crippen LogP contribution is 2.24. The van der Waals surface area contributed by atoms with Gasteiger partial charge in [-0.05, 0) is 31.5 Å². The van der Waals surface area contributed by atoms with Crippen LogP contribution in [0.3, 0.4) is 0 Å². The lowest BCUT2D eigenvalue weighted by Gasteiger charge is -2.26. The van der Waals surface area contributed by atoms with E-state index in [1.807, 2.05) is 0 Å². The molecular weight excluding hydrogens is 388 g/mol. The monoisotopic (exact) mass is 408 g/mol. The van der Waals surface area contributed by atoms with Gasteiger partial charge < -0.3 is 14.6 Å². The van der Waals surface area contributed by atoms with Crippen molar-refractivity contribution in [2.45, 2.75) is 18.7 Å². The van der Waals surface area contributed by atoms with E-state index in [1.165, 1.54) is 22.5 Å². The molecule has 28 heavy (non-hydrogen) atoms. The van der Waals surface area contributed by atoms with Crippen LogP contribution in [0.4, 0.5) is 11.5 Å². The van der Waals surface area contributed by atoms with Crippen molar-refractivity contribution in [2.24, 2.45) is 0 Å². The molecule has 0 spiro atoms. The minimum atomic E-state index is -3.74. The average molecular weight is 408 g/mol. The van der Waals surface area contributed by atoms with Crippen LogP contribution >= 0.6 is 0 Å².